The highest BCUT2D eigenvalue weighted by Crippen LogP contribution is 2.60. The van der Waals surface area contributed by atoms with E-state index >= 15 is 0 Å². The van der Waals surface area contributed by atoms with Crippen molar-refractivity contribution in [2.24, 2.45) is 23.7 Å². The van der Waals surface area contributed by atoms with E-state index in [1.807, 2.05) is 26.0 Å². The van der Waals surface area contributed by atoms with Crippen molar-refractivity contribution in [3.8, 4) is 0 Å². The van der Waals surface area contributed by atoms with Gasteiger partial charge in [-0.15, -0.1) is 0 Å². The SMILES string of the molecule is CC(C)COC(=O)N1C[C@@H](O)C[C@@H]1C(=O)Nc1ccc(C23CC4CC(CC(C4)C2)C3)cc1. The quantitative estimate of drug-likeness (QED) is 0.715. The molecule has 2 N–H and O–H groups in total. The number of amides is 2. The molecule has 6 nitrogen and oxygen atoms in total. The molecule has 0 radical (unpaired) electrons. The summed E-state index contributed by atoms with van der Waals surface area (Å²) in [5.41, 5.74) is 2.49. The number of carbonyl (C=O) groups is 2. The number of hydrogen-bond donors (Lipinski definition) is 2. The molecule has 1 aliphatic heterocycles. The zero-order valence-corrected chi connectivity index (χ0v) is 19.3. The molecule has 1 saturated heterocycles. The molecule has 1 aromatic carbocycles. The zero-order chi connectivity index (χ0) is 22.5. The molecular weight excluding hydrogens is 404 g/mol. The van der Waals surface area contributed by atoms with Crippen LogP contribution in [0.1, 0.15) is 64.4 Å². The van der Waals surface area contributed by atoms with E-state index in [1.165, 1.54) is 49.0 Å². The van der Waals surface area contributed by atoms with E-state index in [1.54, 1.807) is 0 Å². The van der Waals surface area contributed by atoms with Crippen molar-refractivity contribution in [1.82, 2.24) is 4.90 Å². The van der Waals surface area contributed by atoms with E-state index in [0.29, 0.717) is 12.0 Å². The van der Waals surface area contributed by atoms with Gasteiger partial charge in [-0.1, -0.05) is 26.0 Å². The Morgan fingerprint density at radius 1 is 1.06 bits per heavy atom. The molecule has 4 aliphatic carbocycles. The predicted octanol–water partition coefficient (Wildman–Crippen LogP) is 4.32. The molecule has 6 rings (SSSR count). The summed E-state index contributed by atoms with van der Waals surface area (Å²) < 4.78 is 5.29. The van der Waals surface area contributed by atoms with Crippen LogP contribution in [0.25, 0.3) is 0 Å². The molecular formula is C26H36N2O4. The van der Waals surface area contributed by atoms with Gasteiger partial charge in [0.15, 0.2) is 0 Å². The van der Waals surface area contributed by atoms with Gasteiger partial charge in [0.1, 0.15) is 6.04 Å². The number of carbonyl (C=O) groups excluding carboxylic acids is 2. The minimum absolute atomic E-state index is 0.125. The molecule has 2 amide bonds. The van der Waals surface area contributed by atoms with Crippen molar-refractivity contribution < 1.29 is 19.4 Å². The number of anilines is 1. The van der Waals surface area contributed by atoms with Crippen LogP contribution in [-0.2, 0) is 14.9 Å². The lowest BCUT2D eigenvalue weighted by Gasteiger charge is -2.57. The van der Waals surface area contributed by atoms with Gasteiger partial charge in [0, 0.05) is 12.1 Å². The molecule has 4 saturated carbocycles. The van der Waals surface area contributed by atoms with E-state index in [4.69, 9.17) is 4.74 Å². The number of ether oxygens (including phenoxy) is 1. The van der Waals surface area contributed by atoms with E-state index < -0.39 is 18.2 Å². The maximum Gasteiger partial charge on any atom is 0.410 e. The van der Waals surface area contributed by atoms with Crippen LogP contribution in [0.2, 0.25) is 0 Å². The second kappa shape index (κ2) is 8.36. The topological polar surface area (TPSA) is 78.9 Å². The normalized spacial score (nSPS) is 35.4. The Balaban J connectivity index is 1.24. The van der Waals surface area contributed by atoms with Crippen molar-refractivity contribution in [3.05, 3.63) is 29.8 Å². The number of hydrogen-bond acceptors (Lipinski definition) is 4. The summed E-state index contributed by atoms with van der Waals surface area (Å²) in [4.78, 5) is 26.7. The van der Waals surface area contributed by atoms with Gasteiger partial charge in [-0.25, -0.2) is 4.79 Å². The van der Waals surface area contributed by atoms with E-state index in [9.17, 15) is 14.7 Å². The zero-order valence-electron chi connectivity index (χ0n) is 19.3. The first-order chi connectivity index (χ1) is 15.3. The third-order valence-corrected chi connectivity index (χ3v) is 8.16. The Labute approximate surface area is 190 Å². The largest absolute Gasteiger partial charge is 0.449 e. The predicted molar refractivity (Wildman–Crippen MR) is 122 cm³/mol. The molecule has 32 heavy (non-hydrogen) atoms. The van der Waals surface area contributed by atoms with Gasteiger partial charge in [0.25, 0.3) is 0 Å². The second-order valence-corrected chi connectivity index (χ2v) is 11.3. The molecule has 5 aliphatic rings. The fourth-order valence-corrected chi connectivity index (χ4v) is 7.18. The number of aliphatic hydroxyl groups is 1. The van der Waals surface area contributed by atoms with Gasteiger partial charge >= 0.3 is 6.09 Å². The first-order valence-electron chi connectivity index (χ1n) is 12.3. The lowest BCUT2D eigenvalue weighted by molar-refractivity contribution is -0.120. The second-order valence-electron chi connectivity index (χ2n) is 11.3. The highest BCUT2D eigenvalue weighted by Gasteiger charge is 2.51. The summed E-state index contributed by atoms with van der Waals surface area (Å²) in [7, 11) is 0. The lowest BCUT2D eigenvalue weighted by atomic mass is 9.48. The Morgan fingerprint density at radius 2 is 1.66 bits per heavy atom. The molecule has 4 bridgehead atoms. The number of rotatable bonds is 5. The van der Waals surface area contributed by atoms with Gasteiger partial charge in [0.2, 0.25) is 5.91 Å². The third-order valence-electron chi connectivity index (χ3n) is 8.16. The van der Waals surface area contributed by atoms with E-state index in [-0.39, 0.29) is 24.8 Å². The minimum atomic E-state index is -0.715. The summed E-state index contributed by atoms with van der Waals surface area (Å²) >= 11 is 0. The highest BCUT2D eigenvalue weighted by atomic mass is 16.6. The molecule has 1 heterocycles. The average Bonchev–Trinajstić information content (AvgIpc) is 3.13. The number of nitrogens with zero attached hydrogens (tertiary/aromatic N) is 1. The fraction of sp³-hybridized carbons (Fsp3) is 0.692. The molecule has 5 fully saturated rings. The third kappa shape index (κ3) is 4.14. The molecule has 2 atom stereocenters. The first kappa shape index (κ1) is 21.7. The molecule has 1 aromatic rings. The van der Waals surface area contributed by atoms with Crippen molar-refractivity contribution in [2.45, 2.75) is 76.4 Å². The smallest absolute Gasteiger partial charge is 0.410 e. The van der Waals surface area contributed by atoms with Crippen LogP contribution in [0.3, 0.4) is 0 Å². The standard InChI is InChI=1S/C26H36N2O4/c1-16(2)15-32-25(31)28-14-22(29)10-23(28)24(30)27-21-5-3-20(4-6-21)26-11-17-7-18(12-26)9-19(8-17)13-26/h3-6,16-19,22-23,29H,7-15H2,1-2H3,(H,27,30)/t17?,18?,19?,22-,23+,26?/m0/s1. The maximum atomic E-state index is 12.9. The van der Waals surface area contributed by atoms with Gasteiger partial charge < -0.3 is 15.2 Å². The molecule has 0 spiro atoms. The van der Waals surface area contributed by atoms with Crippen molar-refractivity contribution in [1.29, 1.82) is 0 Å². The monoisotopic (exact) mass is 440 g/mol. The van der Waals surface area contributed by atoms with Crippen molar-refractivity contribution >= 4 is 17.7 Å². The van der Waals surface area contributed by atoms with Crippen molar-refractivity contribution in [3.63, 3.8) is 0 Å². The minimum Gasteiger partial charge on any atom is -0.449 e. The number of likely N-dealkylation sites (tertiary alicyclic amines) is 1. The summed E-state index contributed by atoms with van der Waals surface area (Å²) in [5.74, 6) is 2.64. The van der Waals surface area contributed by atoms with E-state index in [0.717, 1.165) is 23.4 Å². The Morgan fingerprint density at radius 3 is 2.22 bits per heavy atom. The van der Waals surface area contributed by atoms with Crippen LogP contribution in [-0.4, -0.2) is 47.3 Å². The van der Waals surface area contributed by atoms with Crippen molar-refractivity contribution in [2.75, 3.05) is 18.5 Å². The fourth-order valence-electron chi connectivity index (χ4n) is 7.18. The van der Waals surface area contributed by atoms with Crippen LogP contribution in [0.5, 0.6) is 0 Å². The summed E-state index contributed by atoms with van der Waals surface area (Å²) in [6, 6.07) is 7.67. The molecule has 174 valence electrons. The maximum absolute atomic E-state index is 12.9. The van der Waals surface area contributed by atoms with Gasteiger partial charge in [-0.3, -0.25) is 9.69 Å². The Hall–Kier alpha value is -2.08. The lowest BCUT2D eigenvalue weighted by Crippen LogP contribution is -2.48. The number of β-amino-alcohol motifs (C(OH)–C–C–N with tert-alkyl or cyclic N) is 1. The van der Waals surface area contributed by atoms with Crippen LogP contribution < -0.4 is 5.32 Å². The Kier molecular flexibility index (Phi) is 5.68. The van der Waals surface area contributed by atoms with E-state index in [2.05, 4.69) is 17.4 Å². The van der Waals surface area contributed by atoms with Gasteiger partial charge in [-0.05, 0) is 85.3 Å². The number of nitrogens with one attached hydrogen (secondary N) is 1. The van der Waals surface area contributed by atoms with Crippen LogP contribution >= 0.6 is 0 Å². The van der Waals surface area contributed by atoms with Crippen LogP contribution in [0.15, 0.2) is 24.3 Å². The average molecular weight is 441 g/mol. The Bertz CT molecular complexity index is 830. The van der Waals surface area contributed by atoms with Gasteiger partial charge in [0.05, 0.1) is 19.3 Å². The molecule has 0 unspecified atom stereocenters. The van der Waals surface area contributed by atoms with Crippen LogP contribution in [0, 0.1) is 23.7 Å². The van der Waals surface area contributed by atoms with Gasteiger partial charge in [-0.2, -0.15) is 0 Å². The number of aliphatic hydroxyl groups excluding tert-OH is 1. The molecule has 0 aromatic heterocycles. The highest BCUT2D eigenvalue weighted by molar-refractivity contribution is 5.97. The number of benzene rings is 1. The summed E-state index contributed by atoms with van der Waals surface area (Å²) in [6.45, 7) is 4.35. The summed E-state index contributed by atoms with van der Waals surface area (Å²) in [5, 5.41) is 13.0. The molecule has 6 heteroatoms. The summed E-state index contributed by atoms with van der Waals surface area (Å²) in [6.07, 6.45) is 7.22. The van der Waals surface area contributed by atoms with Crippen LogP contribution in [0.4, 0.5) is 10.5 Å². The first-order valence-corrected chi connectivity index (χ1v) is 12.3.